The van der Waals surface area contributed by atoms with Crippen LogP contribution in [0.5, 0.6) is 0 Å². The zero-order chi connectivity index (χ0) is 14.4. The summed E-state index contributed by atoms with van der Waals surface area (Å²) in [6.45, 7) is 3.54. The Morgan fingerprint density at radius 1 is 1.53 bits per heavy atom. The van der Waals surface area contributed by atoms with Gasteiger partial charge in [0.2, 0.25) is 5.91 Å². The van der Waals surface area contributed by atoms with E-state index in [1.807, 2.05) is 6.92 Å². The summed E-state index contributed by atoms with van der Waals surface area (Å²) in [5.41, 5.74) is 9.75. The molecule has 0 saturated carbocycles. The van der Waals surface area contributed by atoms with E-state index >= 15 is 0 Å². The summed E-state index contributed by atoms with van der Waals surface area (Å²) in [5.74, 6) is -0.184. The maximum Gasteiger partial charge on any atom is 0.230 e. The summed E-state index contributed by atoms with van der Waals surface area (Å²) in [5, 5.41) is 7.30. The molecule has 0 saturated heterocycles. The molecule has 1 aromatic rings. The van der Waals surface area contributed by atoms with E-state index in [-0.39, 0.29) is 17.4 Å². The first kappa shape index (κ1) is 15.4. The third-order valence-corrected chi connectivity index (χ3v) is 2.82. The zero-order valence-corrected chi connectivity index (χ0v) is 12.2. The first-order valence-corrected chi connectivity index (χ1v) is 6.32. The maximum atomic E-state index is 11.8. The molecular formula is C12H15ClN4OS. The van der Waals surface area contributed by atoms with Crippen LogP contribution >= 0.6 is 23.8 Å². The number of benzene rings is 1. The summed E-state index contributed by atoms with van der Waals surface area (Å²) >= 11 is 10.6. The lowest BCUT2D eigenvalue weighted by molar-refractivity contribution is -0.115. The number of nitrogens with zero attached hydrogens (tertiary/aromatic N) is 1. The van der Waals surface area contributed by atoms with Crippen molar-refractivity contribution in [1.29, 1.82) is 0 Å². The average molecular weight is 299 g/mol. The van der Waals surface area contributed by atoms with Crippen LogP contribution in [0.1, 0.15) is 18.9 Å². The van der Waals surface area contributed by atoms with Gasteiger partial charge in [0.15, 0.2) is 5.11 Å². The van der Waals surface area contributed by atoms with Crippen LogP contribution in [0.4, 0.5) is 5.69 Å². The van der Waals surface area contributed by atoms with Crippen molar-refractivity contribution >= 4 is 46.2 Å². The Morgan fingerprint density at radius 3 is 2.84 bits per heavy atom. The van der Waals surface area contributed by atoms with E-state index < -0.39 is 0 Å². The highest BCUT2D eigenvalue weighted by Gasteiger charge is 2.08. The van der Waals surface area contributed by atoms with Crippen molar-refractivity contribution in [3.63, 3.8) is 0 Å². The third-order valence-electron chi connectivity index (χ3n) is 2.32. The lowest BCUT2D eigenvalue weighted by Gasteiger charge is -2.09. The van der Waals surface area contributed by atoms with Crippen molar-refractivity contribution < 1.29 is 4.79 Å². The minimum atomic E-state index is -0.184. The van der Waals surface area contributed by atoms with E-state index in [9.17, 15) is 4.79 Å². The number of hydrogen-bond acceptors (Lipinski definition) is 3. The van der Waals surface area contributed by atoms with Gasteiger partial charge in [-0.2, -0.15) is 5.10 Å². The third kappa shape index (κ3) is 5.23. The van der Waals surface area contributed by atoms with Gasteiger partial charge >= 0.3 is 0 Å². The highest BCUT2D eigenvalue weighted by atomic mass is 35.5. The average Bonchev–Trinajstić information content (AvgIpc) is 2.32. The predicted molar refractivity (Wildman–Crippen MR) is 82.5 cm³/mol. The molecule has 0 aliphatic heterocycles. The molecule has 4 N–H and O–H groups in total. The van der Waals surface area contributed by atoms with Crippen LogP contribution in [0.2, 0.25) is 5.02 Å². The maximum absolute atomic E-state index is 11.8. The molecule has 1 aromatic carbocycles. The molecule has 7 heteroatoms. The van der Waals surface area contributed by atoms with Crippen molar-refractivity contribution in [2.75, 3.05) is 5.32 Å². The molecule has 1 rings (SSSR count). The SMILES string of the molecule is C/C(CC(=O)Nc1cccc(Cl)c1C)=N/NC(N)=S. The Labute approximate surface area is 122 Å². The monoisotopic (exact) mass is 298 g/mol. The van der Waals surface area contributed by atoms with E-state index in [4.69, 9.17) is 17.3 Å². The van der Waals surface area contributed by atoms with Gasteiger partial charge in [0, 0.05) is 16.4 Å². The number of hydrazone groups is 1. The number of carbonyl (C=O) groups excluding carboxylic acids is 1. The minimum Gasteiger partial charge on any atom is -0.375 e. The lowest BCUT2D eigenvalue weighted by Crippen LogP contribution is -2.26. The molecule has 0 fully saturated rings. The second kappa shape index (κ2) is 7.06. The lowest BCUT2D eigenvalue weighted by atomic mass is 10.2. The molecule has 0 aromatic heterocycles. The van der Waals surface area contributed by atoms with Gasteiger partial charge in [-0.05, 0) is 43.8 Å². The van der Waals surface area contributed by atoms with E-state index in [0.717, 1.165) is 5.56 Å². The van der Waals surface area contributed by atoms with Crippen molar-refractivity contribution in [3.8, 4) is 0 Å². The van der Waals surface area contributed by atoms with Crippen LogP contribution < -0.4 is 16.5 Å². The van der Waals surface area contributed by atoms with Gasteiger partial charge in [0.1, 0.15) is 0 Å². The predicted octanol–water partition coefficient (Wildman–Crippen LogP) is 2.19. The fourth-order valence-electron chi connectivity index (χ4n) is 1.36. The van der Waals surface area contributed by atoms with Crippen LogP contribution in [0.15, 0.2) is 23.3 Å². The number of thiocarbonyl (C=S) groups is 1. The highest BCUT2D eigenvalue weighted by molar-refractivity contribution is 7.80. The molecule has 0 aliphatic carbocycles. The Balaban J connectivity index is 2.63. The van der Waals surface area contributed by atoms with Gasteiger partial charge in [-0.1, -0.05) is 17.7 Å². The standard InChI is InChI=1S/C12H15ClN4OS/c1-7(16-17-12(14)19)6-11(18)15-10-5-3-4-9(13)8(10)2/h3-5H,6H2,1-2H3,(H,15,18)(H3,14,17,19)/b16-7-. The molecule has 0 aliphatic rings. The van der Waals surface area contributed by atoms with Crippen LogP contribution in [0.3, 0.4) is 0 Å². The second-order valence-electron chi connectivity index (χ2n) is 3.96. The quantitative estimate of drug-likeness (QED) is 0.452. The highest BCUT2D eigenvalue weighted by Crippen LogP contribution is 2.22. The topological polar surface area (TPSA) is 79.5 Å². The van der Waals surface area contributed by atoms with E-state index in [2.05, 4.69) is 28.1 Å². The van der Waals surface area contributed by atoms with Gasteiger partial charge in [-0.3, -0.25) is 10.2 Å². The molecule has 0 bridgehead atoms. The Bertz CT molecular complexity index is 530. The summed E-state index contributed by atoms with van der Waals surface area (Å²) in [6.07, 6.45) is 0.140. The van der Waals surface area contributed by atoms with Gasteiger partial charge in [0.05, 0.1) is 6.42 Å². The summed E-state index contributed by atoms with van der Waals surface area (Å²) < 4.78 is 0. The number of nitrogens with two attached hydrogens (primary N) is 1. The van der Waals surface area contributed by atoms with Gasteiger partial charge in [-0.15, -0.1) is 0 Å². The number of carbonyl (C=O) groups is 1. The molecule has 1 amide bonds. The van der Waals surface area contributed by atoms with Crippen molar-refractivity contribution in [2.45, 2.75) is 20.3 Å². The number of rotatable bonds is 4. The molecule has 0 heterocycles. The van der Waals surface area contributed by atoms with Crippen LogP contribution in [0, 0.1) is 6.92 Å². The number of nitrogens with one attached hydrogen (secondary N) is 2. The molecule has 0 atom stereocenters. The Kier molecular flexibility index (Phi) is 5.72. The summed E-state index contributed by atoms with van der Waals surface area (Å²) in [6, 6.07) is 5.34. The van der Waals surface area contributed by atoms with E-state index in [0.29, 0.717) is 16.4 Å². The van der Waals surface area contributed by atoms with E-state index in [1.165, 1.54) is 0 Å². The van der Waals surface area contributed by atoms with Gasteiger partial charge in [-0.25, -0.2) is 0 Å². The summed E-state index contributed by atoms with van der Waals surface area (Å²) in [4.78, 5) is 11.8. The minimum absolute atomic E-state index is 0.0606. The van der Waals surface area contributed by atoms with E-state index in [1.54, 1.807) is 25.1 Å². The first-order valence-electron chi connectivity index (χ1n) is 5.53. The number of halogens is 1. The largest absolute Gasteiger partial charge is 0.375 e. The fourth-order valence-corrected chi connectivity index (χ4v) is 1.58. The van der Waals surface area contributed by atoms with Gasteiger partial charge < -0.3 is 11.1 Å². The smallest absolute Gasteiger partial charge is 0.230 e. The molecule has 0 spiro atoms. The molecular weight excluding hydrogens is 284 g/mol. The number of anilines is 1. The molecule has 0 unspecified atom stereocenters. The Morgan fingerprint density at radius 2 is 2.21 bits per heavy atom. The molecule has 0 radical (unpaired) electrons. The van der Waals surface area contributed by atoms with Gasteiger partial charge in [0.25, 0.3) is 0 Å². The zero-order valence-electron chi connectivity index (χ0n) is 10.7. The first-order chi connectivity index (χ1) is 8.90. The molecule has 102 valence electrons. The van der Waals surface area contributed by atoms with Crippen LogP contribution in [0.25, 0.3) is 0 Å². The fraction of sp³-hybridized carbons (Fsp3) is 0.250. The van der Waals surface area contributed by atoms with Crippen LogP contribution in [-0.2, 0) is 4.79 Å². The number of amides is 1. The van der Waals surface area contributed by atoms with Crippen molar-refractivity contribution in [1.82, 2.24) is 5.43 Å². The van der Waals surface area contributed by atoms with Crippen molar-refractivity contribution in [2.24, 2.45) is 10.8 Å². The van der Waals surface area contributed by atoms with Crippen LogP contribution in [-0.4, -0.2) is 16.7 Å². The Hall–Kier alpha value is -1.66. The number of hydrogen-bond donors (Lipinski definition) is 3. The normalized spacial score (nSPS) is 11.0. The summed E-state index contributed by atoms with van der Waals surface area (Å²) in [7, 11) is 0. The van der Waals surface area contributed by atoms with Crippen molar-refractivity contribution in [3.05, 3.63) is 28.8 Å². The molecule has 19 heavy (non-hydrogen) atoms. The molecule has 5 nitrogen and oxygen atoms in total. The second-order valence-corrected chi connectivity index (χ2v) is 4.81.